The average molecular weight is 559 g/mol. The predicted octanol–water partition coefficient (Wildman–Crippen LogP) is 11.2. The number of oxazole rings is 1. The van der Waals surface area contributed by atoms with E-state index in [4.69, 9.17) is 13.8 Å². The van der Waals surface area contributed by atoms with Crippen LogP contribution in [0.25, 0.3) is 64.7 Å². The van der Waals surface area contributed by atoms with E-state index < -0.39 is 0 Å². The van der Waals surface area contributed by atoms with E-state index in [0.29, 0.717) is 5.89 Å². The summed E-state index contributed by atoms with van der Waals surface area (Å²) in [5.74, 6) is 0.602. The van der Waals surface area contributed by atoms with Gasteiger partial charge < -0.3 is 13.7 Å². The van der Waals surface area contributed by atoms with Gasteiger partial charge in [0.05, 0.1) is 11.1 Å². The van der Waals surface area contributed by atoms with E-state index in [2.05, 4.69) is 95.9 Å². The molecule has 0 unspecified atom stereocenters. The fourth-order valence-electron chi connectivity index (χ4n) is 6.03. The van der Waals surface area contributed by atoms with Crippen LogP contribution in [0.1, 0.15) is 0 Å². The van der Waals surface area contributed by atoms with E-state index in [1.807, 2.05) is 53.8 Å². The van der Waals surface area contributed by atoms with Crippen molar-refractivity contribution in [1.82, 2.24) is 4.98 Å². The van der Waals surface area contributed by atoms with Crippen molar-refractivity contribution in [2.45, 2.75) is 0 Å². The van der Waals surface area contributed by atoms with Crippen molar-refractivity contribution in [3.8, 4) is 11.5 Å². The Morgan fingerprint density at radius 3 is 2.14 bits per heavy atom. The molecule has 4 nitrogen and oxygen atoms in total. The Bertz CT molecular complexity index is 2420. The maximum atomic E-state index is 6.34. The zero-order valence-corrected chi connectivity index (χ0v) is 23.1. The number of furan rings is 1. The van der Waals surface area contributed by atoms with Crippen molar-refractivity contribution in [3.05, 3.63) is 133 Å². The maximum absolute atomic E-state index is 6.34. The molecule has 0 amide bonds. The van der Waals surface area contributed by atoms with Gasteiger partial charge in [-0.05, 0) is 72.8 Å². The largest absolute Gasteiger partial charge is 0.456 e. The van der Waals surface area contributed by atoms with Crippen LogP contribution in [0, 0.1) is 0 Å². The lowest BCUT2D eigenvalue weighted by Gasteiger charge is -2.26. The summed E-state index contributed by atoms with van der Waals surface area (Å²) in [6, 6.07) is 46.1. The smallest absolute Gasteiger partial charge is 0.227 e. The third kappa shape index (κ3) is 3.51. The number of fused-ring (bicyclic) bond motifs is 8. The fourth-order valence-corrected chi connectivity index (χ4v) is 7.16. The summed E-state index contributed by atoms with van der Waals surface area (Å²) >= 11 is 1.83. The summed E-state index contributed by atoms with van der Waals surface area (Å²) in [7, 11) is 0. The highest BCUT2D eigenvalue weighted by Gasteiger charge is 2.21. The molecule has 3 aromatic heterocycles. The molecule has 42 heavy (non-hydrogen) atoms. The molecule has 3 heterocycles. The molecule has 0 atom stereocenters. The number of benzene rings is 6. The molecule has 0 bridgehead atoms. The van der Waals surface area contributed by atoms with E-state index in [0.717, 1.165) is 55.7 Å². The molecule has 0 fully saturated rings. The first-order chi connectivity index (χ1) is 20.8. The van der Waals surface area contributed by atoms with Crippen molar-refractivity contribution in [1.29, 1.82) is 0 Å². The number of anilines is 3. The molecule has 0 saturated carbocycles. The van der Waals surface area contributed by atoms with Crippen molar-refractivity contribution in [2.75, 3.05) is 4.90 Å². The summed E-state index contributed by atoms with van der Waals surface area (Å²) in [5.41, 5.74) is 7.37. The van der Waals surface area contributed by atoms with Crippen LogP contribution in [-0.4, -0.2) is 4.98 Å². The van der Waals surface area contributed by atoms with Crippen LogP contribution < -0.4 is 4.90 Å². The minimum Gasteiger partial charge on any atom is -0.456 e. The van der Waals surface area contributed by atoms with E-state index in [9.17, 15) is 0 Å². The van der Waals surface area contributed by atoms with Crippen LogP contribution in [0.2, 0.25) is 0 Å². The molecule has 0 saturated heterocycles. The Morgan fingerprint density at radius 2 is 1.26 bits per heavy atom. The van der Waals surface area contributed by atoms with Crippen molar-refractivity contribution < 1.29 is 8.83 Å². The SMILES string of the molecule is c1ccc(-c2nc3c(ccc4oc5ccc(N(c6ccccc6)c6cccc7sc8ccccc8c67)cc5c43)o2)cc1. The van der Waals surface area contributed by atoms with Crippen LogP contribution in [0.4, 0.5) is 17.1 Å². The molecule has 0 aliphatic rings. The van der Waals surface area contributed by atoms with Crippen LogP contribution in [0.3, 0.4) is 0 Å². The van der Waals surface area contributed by atoms with Gasteiger partial charge in [0.1, 0.15) is 16.7 Å². The predicted molar refractivity (Wildman–Crippen MR) is 174 cm³/mol. The summed E-state index contributed by atoms with van der Waals surface area (Å²) in [5, 5.41) is 4.49. The number of nitrogens with zero attached hydrogens (tertiary/aromatic N) is 2. The van der Waals surface area contributed by atoms with Gasteiger partial charge in [-0.2, -0.15) is 0 Å². The Balaban J connectivity index is 1.31. The summed E-state index contributed by atoms with van der Waals surface area (Å²) in [6.07, 6.45) is 0. The average Bonchev–Trinajstić information content (AvgIpc) is 3.75. The lowest BCUT2D eigenvalue weighted by molar-refractivity contribution is 0.619. The second-order valence-electron chi connectivity index (χ2n) is 10.4. The second kappa shape index (κ2) is 9.06. The van der Waals surface area contributed by atoms with E-state index >= 15 is 0 Å². The van der Waals surface area contributed by atoms with E-state index in [1.165, 1.54) is 20.2 Å². The number of thiophene rings is 1. The highest BCUT2D eigenvalue weighted by atomic mass is 32.1. The van der Waals surface area contributed by atoms with Crippen molar-refractivity contribution in [2.24, 2.45) is 0 Å². The van der Waals surface area contributed by atoms with Crippen LogP contribution >= 0.6 is 11.3 Å². The molecule has 9 aromatic rings. The van der Waals surface area contributed by atoms with Gasteiger partial charge in [0.15, 0.2) is 5.58 Å². The van der Waals surface area contributed by atoms with Gasteiger partial charge in [0.2, 0.25) is 5.89 Å². The minimum absolute atomic E-state index is 0.602. The minimum atomic E-state index is 0.602. The standard InChI is InChI=1S/C37H22N2O2S/c1-3-10-23(11-4-1)37-38-36-31(41-37)21-20-30-35(36)27-22-25(18-19-29(27)40-30)39(24-12-5-2-6-13-24)28-15-9-17-33-34(28)26-14-7-8-16-32(26)42-33/h1-22H. The lowest BCUT2D eigenvalue weighted by atomic mass is 10.1. The third-order valence-electron chi connectivity index (χ3n) is 7.89. The number of hydrogen-bond acceptors (Lipinski definition) is 5. The molecule has 6 aromatic carbocycles. The molecule has 9 rings (SSSR count). The fraction of sp³-hybridized carbons (Fsp3) is 0. The molecule has 0 spiro atoms. The van der Waals surface area contributed by atoms with Gasteiger partial charge in [-0.3, -0.25) is 0 Å². The molecule has 5 heteroatoms. The molecule has 0 radical (unpaired) electrons. The van der Waals surface area contributed by atoms with E-state index in [1.54, 1.807) is 0 Å². The Hall–Kier alpha value is -5.39. The molecule has 0 aliphatic carbocycles. The van der Waals surface area contributed by atoms with Crippen LogP contribution in [0.5, 0.6) is 0 Å². The first-order valence-electron chi connectivity index (χ1n) is 13.9. The zero-order chi connectivity index (χ0) is 27.6. The quantitative estimate of drug-likeness (QED) is 0.215. The Kier molecular flexibility index (Phi) is 5.03. The molecule has 0 N–H and O–H groups in total. The van der Waals surface area contributed by atoms with Gasteiger partial charge in [-0.1, -0.05) is 60.7 Å². The van der Waals surface area contributed by atoms with Crippen molar-refractivity contribution >= 4 is 81.6 Å². The summed E-state index contributed by atoms with van der Waals surface area (Å²) in [4.78, 5) is 7.30. The number of aromatic nitrogens is 1. The lowest BCUT2D eigenvalue weighted by Crippen LogP contribution is -2.10. The Labute approximate surface area is 244 Å². The summed E-state index contributed by atoms with van der Waals surface area (Å²) in [6.45, 7) is 0. The van der Waals surface area contributed by atoms with Crippen LogP contribution in [0.15, 0.2) is 142 Å². The highest BCUT2D eigenvalue weighted by molar-refractivity contribution is 7.26. The molecular formula is C37H22N2O2S. The van der Waals surface area contributed by atoms with Gasteiger partial charge in [0, 0.05) is 42.5 Å². The zero-order valence-electron chi connectivity index (χ0n) is 22.3. The second-order valence-corrected chi connectivity index (χ2v) is 11.5. The van der Waals surface area contributed by atoms with Crippen molar-refractivity contribution in [3.63, 3.8) is 0 Å². The number of hydrogen-bond donors (Lipinski definition) is 0. The number of para-hydroxylation sites is 1. The van der Waals surface area contributed by atoms with Gasteiger partial charge in [-0.15, -0.1) is 11.3 Å². The topological polar surface area (TPSA) is 42.4 Å². The normalized spacial score (nSPS) is 11.8. The maximum Gasteiger partial charge on any atom is 0.227 e. The number of rotatable bonds is 4. The summed E-state index contributed by atoms with van der Waals surface area (Å²) < 4.78 is 15.1. The van der Waals surface area contributed by atoms with Gasteiger partial charge in [-0.25, -0.2) is 4.98 Å². The molecule has 198 valence electrons. The third-order valence-corrected chi connectivity index (χ3v) is 9.03. The van der Waals surface area contributed by atoms with E-state index in [-0.39, 0.29) is 0 Å². The molecule has 0 aliphatic heterocycles. The monoisotopic (exact) mass is 558 g/mol. The van der Waals surface area contributed by atoms with Gasteiger partial charge in [0.25, 0.3) is 0 Å². The first kappa shape index (κ1) is 23.3. The Morgan fingerprint density at radius 1 is 0.524 bits per heavy atom. The molecular weight excluding hydrogens is 536 g/mol. The van der Waals surface area contributed by atoms with Gasteiger partial charge >= 0.3 is 0 Å². The highest BCUT2D eigenvalue weighted by Crippen LogP contribution is 2.46. The first-order valence-corrected chi connectivity index (χ1v) is 14.7. The van der Waals surface area contributed by atoms with Crippen LogP contribution in [-0.2, 0) is 0 Å².